The van der Waals surface area contributed by atoms with Crippen LogP contribution in [0.1, 0.15) is 37.3 Å². The highest BCUT2D eigenvalue weighted by atomic mass is 16.4. The number of β-amino-alcohol motifs (C(OH)–C–C–N with tert-alkyl or cyclic N) is 1. The summed E-state index contributed by atoms with van der Waals surface area (Å²) in [6, 6.07) is 12.6. The summed E-state index contributed by atoms with van der Waals surface area (Å²) in [7, 11) is 0. The third kappa shape index (κ3) is 5.46. The first-order valence-corrected chi connectivity index (χ1v) is 11.4. The number of hydrogen-bond acceptors (Lipinski definition) is 6. The molecule has 2 atom stereocenters. The van der Waals surface area contributed by atoms with E-state index in [1.807, 2.05) is 38.1 Å². The zero-order chi connectivity index (χ0) is 23.6. The number of fused-ring (bicyclic) bond motifs is 1. The molecular formula is C25H31N3O5. The standard InChI is InChI=1S/C18H23N3O4.C7H8O/c1-11(9-21-7-4-13(22)10-21)19-16(23)18(5-6-18)12-2-3-15-14(8-12)20-17(24)25-15;1-6-3-2-4-7(8)5-6/h2-3,8,11,13,22H,4-7,9-10H2,1H3,(H,19,23)(H,20,24);2-5,8H,1H3. The molecular weight excluding hydrogens is 422 g/mol. The molecule has 1 saturated carbocycles. The van der Waals surface area contributed by atoms with E-state index in [0.29, 0.717) is 23.4 Å². The minimum atomic E-state index is -0.499. The van der Waals surface area contributed by atoms with Gasteiger partial charge in [-0.05, 0) is 68.5 Å². The Morgan fingerprint density at radius 3 is 2.70 bits per heavy atom. The smallest absolute Gasteiger partial charge is 0.417 e. The zero-order valence-electron chi connectivity index (χ0n) is 19.0. The summed E-state index contributed by atoms with van der Waals surface area (Å²) < 4.78 is 5.03. The molecule has 1 aliphatic carbocycles. The summed E-state index contributed by atoms with van der Waals surface area (Å²) in [4.78, 5) is 29.0. The molecule has 5 rings (SSSR count). The van der Waals surface area contributed by atoms with E-state index in [0.717, 1.165) is 43.5 Å². The number of nitrogens with one attached hydrogen (secondary N) is 2. The summed E-state index contributed by atoms with van der Waals surface area (Å²) in [5, 5.41) is 21.5. The van der Waals surface area contributed by atoms with E-state index >= 15 is 0 Å². The second-order valence-electron chi connectivity index (χ2n) is 9.22. The third-order valence-electron chi connectivity index (χ3n) is 6.31. The molecule has 0 bridgehead atoms. The summed E-state index contributed by atoms with van der Waals surface area (Å²) in [6.07, 6.45) is 2.16. The molecule has 8 nitrogen and oxygen atoms in total. The molecule has 4 N–H and O–H groups in total. The topological polar surface area (TPSA) is 119 Å². The number of likely N-dealkylation sites (tertiary alicyclic amines) is 1. The minimum Gasteiger partial charge on any atom is -0.508 e. The molecule has 2 fully saturated rings. The highest BCUT2D eigenvalue weighted by Gasteiger charge is 2.51. The molecule has 2 heterocycles. The number of hydrogen-bond donors (Lipinski definition) is 4. The number of phenolic OH excluding ortho intramolecular Hbond substituents is 1. The fourth-order valence-corrected chi connectivity index (χ4v) is 4.42. The Hall–Kier alpha value is -3.10. The number of aliphatic hydroxyl groups is 1. The number of amides is 1. The van der Waals surface area contributed by atoms with Gasteiger partial charge in [0.2, 0.25) is 5.91 Å². The van der Waals surface area contributed by atoms with Crippen molar-refractivity contribution in [3.8, 4) is 5.75 Å². The monoisotopic (exact) mass is 453 g/mol. The summed E-state index contributed by atoms with van der Waals surface area (Å²) in [5.41, 5.74) is 2.64. The van der Waals surface area contributed by atoms with E-state index in [4.69, 9.17) is 9.52 Å². The number of H-pyrrole nitrogens is 1. The first-order chi connectivity index (χ1) is 15.7. The van der Waals surface area contributed by atoms with Crippen LogP contribution in [0.5, 0.6) is 5.75 Å². The quantitative estimate of drug-likeness (QED) is 0.471. The molecule has 2 aliphatic rings. The normalized spacial score (nSPS) is 20.2. The SMILES string of the molecule is CC(CN1CCC(O)C1)NC(=O)C1(c2ccc3oc(=O)[nH]c3c2)CC1.Cc1cccc(O)c1. The van der Waals surface area contributed by atoms with Gasteiger partial charge in [-0.1, -0.05) is 18.2 Å². The molecule has 8 heteroatoms. The second kappa shape index (κ2) is 9.41. The molecule has 2 aromatic carbocycles. The number of oxazole rings is 1. The van der Waals surface area contributed by atoms with Crippen LogP contribution in [0.25, 0.3) is 11.1 Å². The molecule has 3 aromatic rings. The van der Waals surface area contributed by atoms with Crippen LogP contribution in [0.2, 0.25) is 0 Å². The van der Waals surface area contributed by atoms with Crippen molar-refractivity contribution in [3.05, 3.63) is 64.1 Å². The lowest BCUT2D eigenvalue weighted by Gasteiger charge is -2.24. The Labute approximate surface area is 192 Å². The second-order valence-corrected chi connectivity index (χ2v) is 9.22. The van der Waals surface area contributed by atoms with Crippen LogP contribution in [-0.4, -0.2) is 57.8 Å². The number of benzene rings is 2. The van der Waals surface area contributed by atoms with Crippen LogP contribution in [0.15, 0.2) is 51.7 Å². The molecule has 1 aromatic heterocycles. The Balaban J connectivity index is 0.000000275. The van der Waals surface area contributed by atoms with E-state index in [2.05, 4.69) is 15.2 Å². The molecule has 33 heavy (non-hydrogen) atoms. The predicted octanol–water partition coefficient (Wildman–Crippen LogP) is 2.42. The Bertz CT molecular complexity index is 1160. The number of carbonyl (C=O) groups is 1. The molecule has 0 spiro atoms. The van der Waals surface area contributed by atoms with Gasteiger partial charge in [0.1, 0.15) is 5.75 Å². The van der Waals surface area contributed by atoms with Crippen LogP contribution in [0, 0.1) is 6.92 Å². The van der Waals surface area contributed by atoms with Crippen molar-refractivity contribution in [3.63, 3.8) is 0 Å². The molecule has 1 aliphatic heterocycles. The highest BCUT2D eigenvalue weighted by Crippen LogP contribution is 2.49. The first kappa shape index (κ1) is 23.1. The lowest BCUT2D eigenvalue weighted by molar-refractivity contribution is -0.124. The van der Waals surface area contributed by atoms with Gasteiger partial charge in [0.15, 0.2) is 5.58 Å². The molecule has 176 valence electrons. The fourth-order valence-electron chi connectivity index (χ4n) is 4.42. The number of aromatic amines is 1. The number of aryl methyl sites for hydroxylation is 1. The van der Waals surface area contributed by atoms with Crippen LogP contribution < -0.4 is 11.1 Å². The van der Waals surface area contributed by atoms with Crippen molar-refractivity contribution in [2.24, 2.45) is 0 Å². The first-order valence-electron chi connectivity index (χ1n) is 11.4. The minimum absolute atomic E-state index is 0.0211. The van der Waals surface area contributed by atoms with E-state index < -0.39 is 11.2 Å². The van der Waals surface area contributed by atoms with Crippen molar-refractivity contribution in [2.45, 2.75) is 50.7 Å². The maximum atomic E-state index is 12.8. The van der Waals surface area contributed by atoms with Gasteiger partial charge in [0.25, 0.3) is 0 Å². The Kier molecular flexibility index (Phi) is 6.58. The molecule has 1 amide bonds. The lowest BCUT2D eigenvalue weighted by Crippen LogP contribution is -2.45. The number of rotatable bonds is 5. The van der Waals surface area contributed by atoms with Gasteiger partial charge < -0.3 is 19.9 Å². The lowest BCUT2D eigenvalue weighted by atomic mass is 9.94. The molecule has 0 radical (unpaired) electrons. The van der Waals surface area contributed by atoms with Gasteiger partial charge in [-0.15, -0.1) is 0 Å². The number of aromatic nitrogens is 1. The summed E-state index contributed by atoms with van der Waals surface area (Å²) in [6.45, 7) is 6.23. The number of aliphatic hydroxyl groups excluding tert-OH is 1. The van der Waals surface area contributed by atoms with E-state index in [1.54, 1.807) is 18.2 Å². The Morgan fingerprint density at radius 1 is 1.30 bits per heavy atom. The van der Waals surface area contributed by atoms with Crippen molar-refractivity contribution in [1.82, 2.24) is 15.2 Å². The van der Waals surface area contributed by atoms with Crippen molar-refractivity contribution < 1.29 is 19.4 Å². The van der Waals surface area contributed by atoms with E-state index in [1.165, 1.54) is 0 Å². The maximum Gasteiger partial charge on any atom is 0.417 e. The van der Waals surface area contributed by atoms with Gasteiger partial charge in [-0.3, -0.25) is 14.7 Å². The van der Waals surface area contributed by atoms with E-state index in [-0.39, 0.29) is 18.1 Å². The largest absolute Gasteiger partial charge is 0.508 e. The van der Waals surface area contributed by atoms with Crippen LogP contribution in [-0.2, 0) is 10.2 Å². The molecule has 2 unspecified atom stereocenters. The van der Waals surface area contributed by atoms with Crippen LogP contribution in [0.4, 0.5) is 0 Å². The van der Waals surface area contributed by atoms with Crippen LogP contribution in [0.3, 0.4) is 0 Å². The summed E-state index contributed by atoms with van der Waals surface area (Å²) >= 11 is 0. The maximum absolute atomic E-state index is 12.8. The van der Waals surface area contributed by atoms with Crippen molar-refractivity contribution in [2.75, 3.05) is 19.6 Å². The Morgan fingerprint density at radius 2 is 2.09 bits per heavy atom. The average Bonchev–Trinajstić information content (AvgIpc) is 3.34. The van der Waals surface area contributed by atoms with Gasteiger partial charge in [0.05, 0.1) is 17.0 Å². The van der Waals surface area contributed by atoms with Gasteiger partial charge in [-0.2, -0.15) is 0 Å². The number of nitrogens with zero attached hydrogens (tertiary/aromatic N) is 1. The van der Waals surface area contributed by atoms with Gasteiger partial charge >= 0.3 is 5.76 Å². The average molecular weight is 454 g/mol. The molecule has 1 saturated heterocycles. The number of aromatic hydroxyl groups is 1. The van der Waals surface area contributed by atoms with Crippen molar-refractivity contribution in [1.29, 1.82) is 0 Å². The van der Waals surface area contributed by atoms with Gasteiger partial charge in [-0.25, -0.2) is 4.79 Å². The fraction of sp³-hybridized carbons (Fsp3) is 0.440. The predicted molar refractivity (Wildman–Crippen MR) is 125 cm³/mol. The highest BCUT2D eigenvalue weighted by molar-refractivity contribution is 5.92. The van der Waals surface area contributed by atoms with Crippen molar-refractivity contribution >= 4 is 17.0 Å². The zero-order valence-corrected chi connectivity index (χ0v) is 19.0. The van der Waals surface area contributed by atoms with Gasteiger partial charge in [0, 0.05) is 25.7 Å². The number of phenols is 1. The van der Waals surface area contributed by atoms with E-state index in [9.17, 15) is 14.7 Å². The van der Waals surface area contributed by atoms with Crippen LogP contribution >= 0.6 is 0 Å². The summed E-state index contributed by atoms with van der Waals surface area (Å²) in [5.74, 6) is -0.113. The third-order valence-corrected chi connectivity index (χ3v) is 6.31. The number of carbonyl (C=O) groups excluding carboxylic acids is 1.